The average Bonchev–Trinajstić information content (AvgIpc) is 2.75. The summed E-state index contributed by atoms with van der Waals surface area (Å²) in [6.07, 6.45) is 0. The van der Waals surface area contributed by atoms with Gasteiger partial charge in [0.25, 0.3) is 0 Å². The van der Waals surface area contributed by atoms with Crippen LogP contribution in [-0.2, 0) is 10.7 Å². The second kappa shape index (κ2) is 11.6. The van der Waals surface area contributed by atoms with Gasteiger partial charge in [0.1, 0.15) is 18.2 Å². The number of hydrogen-bond acceptors (Lipinski definition) is 3. The highest BCUT2D eigenvalue weighted by Crippen LogP contribution is 2.47. The standard InChI is InChI=1S/C26H38FNO2S/c1-8-31(9-2,10-3)30-16-15-29-26-14-11-21(6)17-23(26)19-28(20(4)5)25-18-24(27)13-12-22(25)7/h11-14,17-18H,4,8-10,15-16,19H2,1-3,5-7H3. The minimum absolute atomic E-state index is 0.251. The smallest absolute Gasteiger partial charge is 0.125 e. The summed E-state index contributed by atoms with van der Waals surface area (Å²) in [5, 5.41) is 0. The Hall–Kier alpha value is -1.98. The molecule has 2 aromatic carbocycles. The molecule has 0 amide bonds. The summed E-state index contributed by atoms with van der Waals surface area (Å²) in [5.41, 5.74) is 4.89. The van der Waals surface area contributed by atoms with Gasteiger partial charge in [-0.05, 0) is 61.8 Å². The van der Waals surface area contributed by atoms with E-state index in [9.17, 15) is 4.39 Å². The van der Waals surface area contributed by atoms with Crippen LogP contribution in [0.4, 0.5) is 10.1 Å². The normalized spacial score (nSPS) is 12.0. The van der Waals surface area contributed by atoms with E-state index in [4.69, 9.17) is 8.92 Å². The first-order chi connectivity index (χ1) is 14.7. The first kappa shape index (κ1) is 25.3. The van der Waals surface area contributed by atoms with E-state index in [0.29, 0.717) is 19.8 Å². The molecular weight excluding hydrogens is 409 g/mol. The zero-order valence-corrected chi connectivity index (χ0v) is 20.8. The predicted molar refractivity (Wildman–Crippen MR) is 134 cm³/mol. The van der Waals surface area contributed by atoms with E-state index < -0.39 is 10.3 Å². The van der Waals surface area contributed by atoms with Crippen molar-refractivity contribution in [2.24, 2.45) is 0 Å². The molecule has 0 aliphatic rings. The maximum Gasteiger partial charge on any atom is 0.125 e. The molecule has 0 radical (unpaired) electrons. The molecule has 2 aromatic rings. The van der Waals surface area contributed by atoms with E-state index in [0.717, 1.165) is 51.1 Å². The molecule has 3 nitrogen and oxygen atoms in total. The van der Waals surface area contributed by atoms with Crippen LogP contribution in [0.25, 0.3) is 0 Å². The molecule has 0 aliphatic heterocycles. The van der Waals surface area contributed by atoms with Crippen molar-refractivity contribution in [2.45, 2.75) is 48.1 Å². The van der Waals surface area contributed by atoms with Crippen molar-refractivity contribution in [2.75, 3.05) is 35.4 Å². The number of anilines is 1. The monoisotopic (exact) mass is 447 g/mol. The highest BCUT2D eigenvalue weighted by atomic mass is 32.3. The Kier molecular flexibility index (Phi) is 9.45. The second-order valence-electron chi connectivity index (χ2n) is 7.87. The van der Waals surface area contributed by atoms with Crippen LogP contribution in [-0.4, -0.2) is 30.5 Å². The third kappa shape index (κ3) is 6.75. The van der Waals surface area contributed by atoms with E-state index in [2.05, 4.69) is 46.4 Å². The molecule has 0 fully saturated rings. The lowest BCUT2D eigenvalue weighted by atomic mass is 10.1. The molecule has 31 heavy (non-hydrogen) atoms. The van der Waals surface area contributed by atoms with Crippen molar-refractivity contribution in [1.82, 2.24) is 0 Å². The fourth-order valence-electron chi connectivity index (χ4n) is 3.67. The van der Waals surface area contributed by atoms with E-state index in [1.54, 1.807) is 12.1 Å². The first-order valence-electron chi connectivity index (χ1n) is 11.1. The molecular formula is C26H38FNO2S. The fourth-order valence-corrected chi connectivity index (χ4v) is 5.81. The van der Waals surface area contributed by atoms with Gasteiger partial charge < -0.3 is 13.8 Å². The Bertz CT molecular complexity index is 871. The Morgan fingerprint density at radius 2 is 1.68 bits per heavy atom. The lowest BCUT2D eigenvalue weighted by molar-refractivity contribution is 0.231. The van der Waals surface area contributed by atoms with Crippen LogP contribution >= 0.6 is 10.3 Å². The van der Waals surface area contributed by atoms with Crippen LogP contribution in [0.2, 0.25) is 0 Å². The highest BCUT2D eigenvalue weighted by Gasteiger charge is 2.19. The molecule has 0 atom stereocenters. The summed E-state index contributed by atoms with van der Waals surface area (Å²) in [7, 11) is -0.992. The Labute approximate surface area is 189 Å². The zero-order chi connectivity index (χ0) is 23.0. The van der Waals surface area contributed by atoms with Gasteiger partial charge in [-0.15, -0.1) is 10.3 Å². The van der Waals surface area contributed by atoms with Gasteiger partial charge in [0, 0.05) is 16.9 Å². The number of hydrogen-bond donors (Lipinski definition) is 0. The molecule has 0 spiro atoms. The van der Waals surface area contributed by atoms with Crippen LogP contribution in [0, 0.1) is 19.7 Å². The van der Waals surface area contributed by atoms with E-state index in [1.807, 2.05) is 24.8 Å². The van der Waals surface area contributed by atoms with Crippen molar-refractivity contribution >= 4 is 16.0 Å². The average molecular weight is 448 g/mol. The quantitative estimate of drug-likeness (QED) is 0.322. The van der Waals surface area contributed by atoms with Gasteiger partial charge in [-0.3, -0.25) is 0 Å². The van der Waals surface area contributed by atoms with Crippen molar-refractivity contribution in [3.05, 3.63) is 71.2 Å². The highest BCUT2D eigenvalue weighted by molar-refractivity contribution is 8.29. The van der Waals surface area contributed by atoms with Crippen LogP contribution in [0.5, 0.6) is 5.75 Å². The molecule has 0 aliphatic carbocycles. The summed E-state index contributed by atoms with van der Waals surface area (Å²) in [6, 6.07) is 11.0. The van der Waals surface area contributed by atoms with Gasteiger partial charge in [0.05, 0.1) is 13.2 Å². The summed E-state index contributed by atoms with van der Waals surface area (Å²) >= 11 is 0. The largest absolute Gasteiger partial charge is 0.491 e. The maximum atomic E-state index is 13.9. The van der Waals surface area contributed by atoms with Crippen LogP contribution in [0.3, 0.4) is 0 Å². The summed E-state index contributed by atoms with van der Waals surface area (Å²) in [4.78, 5) is 2.04. The molecule has 0 N–H and O–H groups in total. The minimum Gasteiger partial charge on any atom is -0.491 e. The Morgan fingerprint density at radius 1 is 1.00 bits per heavy atom. The summed E-state index contributed by atoms with van der Waals surface area (Å²) in [6.45, 7) is 18.4. The van der Waals surface area contributed by atoms with E-state index in [-0.39, 0.29) is 5.82 Å². The van der Waals surface area contributed by atoms with Crippen molar-refractivity contribution in [3.8, 4) is 5.75 Å². The Morgan fingerprint density at radius 3 is 2.29 bits per heavy atom. The molecule has 0 saturated carbocycles. The fraction of sp³-hybridized carbons (Fsp3) is 0.462. The molecule has 0 saturated heterocycles. The number of benzene rings is 2. The van der Waals surface area contributed by atoms with Gasteiger partial charge in [-0.1, -0.05) is 51.1 Å². The molecule has 2 rings (SSSR count). The SMILES string of the molecule is C=C(C)N(Cc1cc(C)ccc1OCCOS(CC)(CC)CC)c1cc(F)ccc1C. The van der Waals surface area contributed by atoms with Gasteiger partial charge in [0.2, 0.25) is 0 Å². The predicted octanol–water partition coefficient (Wildman–Crippen LogP) is 7.16. The van der Waals surface area contributed by atoms with Crippen LogP contribution in [0.1, 0.15) is 44.4 Å². The maximum absolute atomic E-state index is 13.9. The number of allylic oxidation sites excluding steroid dienone is 1. The van der Waals surface area contributed by atoms with E-state index in [1.165, 1.54) is 6.07 Å². The molecule has 0 heterocycles. The topological polar surface area (TPSA) is 21.7 Å². The third-order valence-corrected chi connectivity index (χ3v) is 9.54. The Balaban J connectivity index is 2.18. The molecule has 0 unspecified atom stereocenters. The first-order valence-corrected chi connectivity index (χ1v) is 13.1. The summed E-state index contributed by atoms with van der Waals surface area (Å²) in [5.74, 6) is 3.82. The molecule has 5 heteroatoms. The second-order valence-corrected chi connectivity index (χ2v) is 11.8. The summed E-state index contributed by atoms with van der Waals surface area (Å²) < 4.78 is 26.4. The van der Waals surface area contributed by atoms with E-state index >= 15 is 0 Å². The number of halogens is 1. The lowest BCUT2D eigenvalue weighted by Crippen LogP contribution is -2.22. The van der Waals surface area contributed by atoms with Gasteiger partial charge in [-0.25, -0.2) is 4.39 Å². The van der Waals surface area contributed by atoms with Crippen molar-refractivity contribution in [3.63, 3.8) is 0 Å². The number of aryl methyl sites for hydroxylation is 2. The number of ether oxygens (including phenoxy) is 1. The van der Waals surface area contributed by atoms with Crippen molar-refractivity contribution in [1.29, 1.82) is 0 Å². The molecule has 172 valence electrons. The number of rotatable bonds is 12. The molecule has 0 bridgehead atoms. The third-order valence-electron chi connectivity index (χ3n) is 5.72. The minimum atomic E-state index is -0.992. The van der Waals surface area contributed by atoms with Crippen LogP contribution < -0.4 is 9.64 Å². The van der Waals surface area contributed by atoms with Gasteiger partial charge in [-0.2, -0.15) is 0 Å². The van der Waals surface area contributed by atoms with Crippen LogP contribution in [0.15, 0.2) is 48.7 Å². The molecule has 0 aromatic heterocycles. The van der Waals surface area contributed by atoms with Gasteiger partial charge >= 0.3 is 0 Å². The van der Waals surface area contributed by atoms with Gasteiger partial charge in [0.15, 0.2) is 0 Å². The number of nitrogens with zero attached hydrogens (tertiary/aromatic N) is 1. The van der Waals surface area contributed by atoms with Crippen molar-refractivity contribution < 1.29 is 13.3 Å². The lowest BCUT2D eigenvalue weighted by Gasteiger charge is -2.36. The zero-order valence-electron chi connectivity index (χ0n) is 20.0.